The summed E-state index contributed by atoms with van der Waals surface area (Å²) in [5.41, 5.74) is 8.32. The van der Waals surface area contributed by atoms with Gasteiger partial charge in [0.05, 0.1) is 0 Å². The molecule has 0 aliphatic rings. The molecule has 2 heterocycles. The number of nitrogens with two attached hydrogens (primary N) is 1. The molecule has 0 bridgehead atoms. The van der Waals surface area contributed by atoms with E-state index in [1.54, 1.807) is 17.8 Å². The van der Waals surface area contributed by atoms with E-state index in [0.29, 0.717) is 11.4 Å². The van der Waals surface area contributed by atoms with Gasteiger partial charge in [-0.1, -0.05) is 29.4 Å². The summed E-state index contributed by atoms with van der Waals surface area (Å²) in [5, 5.41) is 9.83. The van der Waals surface area contributed by atoms with Gasteiger partial charge in [0.25, 0.3) is 0 Å². The number of aromatic nitrogens is 3. The lowest BCUT2D eigenvalue weighted by Gasteiger charge is -2.04. The van der Waals surface area contributed by atoms with Crippen molar-refractivity contribution in [1.82, 2.24) is 14.6 Å². The van der Waals surface area contributed by atoms with Crippen LogP contribution in [0.15, 0.2) is 47.8 Å². The van der Waals surface area contributed by atoms with Crippen molar-refractivity contribution in [1.29, 1.82) is 0 Å². The van der Waals surface area contributed by atoms with Gasteiger partial charge >= 0.3 is 0 Å². The van der Waals surface area contributed by atoms with Crippen molar-refractivity contribution in [3.05, 3.63) is 53.2 Å². The molecule has 0 saturated carbocycles. The molecule has 0 saturated heterocycles. The maximum atomic E-state index is 6.14. The van der Waals surface area contributed by atoms with E-state index in [4.69, 9.17) is 17.3 Å². The SMILES string of the molecule is Nc1ccc(Cl)c(CSc2nnc3ccccn23)c1. The number of benzene rings is 1. The number of hydrogen-bond donors (Lipinski definition) is 1. The van der Waals surface area contributed by atoms with Crippen molar-refractivity contribution in [3.8, 4) is 0 Å². The topological polar surface area (TPSA) is 56.2 Å². The van der Waals surface area contributed by atoms with E-state index in [9.17, 15) is 0 Å². The van der Waals surface area contributed by atoms with Crippen LogP contribution in [0.5, 0.6) is 0 Å². The Hall–Kier alpha value is -1.72. The number of anilines is 1. The van der Waals surface area contributed by atoms with E-state index in [2.05, 4.69) is 10.2 Å². The van der Waals surface area contributed by atoms with Crippen molar-refractivity contribution in [2.24, 2.45) is 0 Å². The molecular formula is C13H11ClN4S. The minimum atomic E-state index is 0.708. The summed E-state index contributed by atoms with van der Waals surface area (Å²) in [7, 11) is 0. The molecule has 0 unspecified atom stereocenters. The molecule has 2 N–H and O–H groups in total. The summed E-state index contributed by atoms with van der Waals surface area (Å²) in [6, 6.07) is 11.3. The first-order valence-corrected chi connectivity index (χ1v) is 7.07. The molecule has 0 aliphatic heterocycles. The first-order chi connectivity index (χ1) is 9.24. The van der Waals surface area contributed by atoms with Crippen LogP contribution in [-0.4, -0.2) is 14.6 Å². The molecule has 0 radical (unpaired) electrons. The summed E-state index contributed by atoms with van der Waals surface area (Å²) < 4.78 is 1.95. The summed E-state index contributed by atoms with van der Waals surface area (Å²) in [5.74, 6) is 0.708. The van der Waals surface area contributed by atoms with Gasteiger partial charge < -0.3 is 5.73 Å². The van der Waals surface area contributed by atoms with Crippen LogP contribution in [0.3, 0.4) is 0 Å². The Balaban J connectivity index is 1.84. The Morgan fingerprint density at radius 3 is 3.00 bits per heavy atom. The van der Waals surface area contributed by atoms with E-state index < -0.39 is 0 Å². The molecule has 4 nitrogen and oxygen atoms in total. The second kappa shape index (κ2) is 5.11. The van der Waals surface area contributed by atoms with Crippen LogP contribution in [0.2, 0.25) is 5.02 Å². The highest BCUT2D eigenvalue weighted by atomic mass is 35.5. The number of rotatable bonds is 3. The lowest BCUT2D eigenvalue weighted by Crippen LogP contribution is -1.91. The van der Waals surface area contributed by atoms with Crippen LogP contribution in [0.1, 0.15) is 5.56 Å². The Bertz CT molecular complexity index is 725. The fourth-order valence-corrected chi connectivity index (χ4v) is 2.94. The lowest BCUT2D eigenvalue weighted by atomic mass is 10.2. The van der Waals surface area contributed by atoms with Crippen LogP contribution in [0.25, 0.3) is 5.65 Å². The fourth-order valence-electron chi connectivity index (χ4n) is 1.77. The zero-order valence-corrected chi connectivity index (χ0v) is 11.5. The average molecular weight is 291 g/mol. The number of hydrogen-bond acceptors (Lipinski definition) is 4. The molecule has 96 valence electrons. The third-order valence-electron chi connectivity index (χ3n) is 2.71. The first-order valence-electron chi connectivity index (χ1n) is 5.70. The number of nitrogens with zero attached hydrogens (tertiary/aromatic N) is 3. The second-order valence-corrected chi connectivity index (χ2v) is 5.40. The normalized spacial score (nSPS) is 11.0. The van der Waals surface area contributed by atoms with Gasteiger partial charge in [-0.3, -0.25) is 4.40 Å². The van der Waals surface area contributed by atoms with E-state index in [1.807, 2.05) is 40.9 Å². The van der Waals surface area contributed by atoms with Crippen molar-refractivity contribution < 1.29 is 0 Å². The third-order valence-corrected chi connectivity index (χ3v) is 4.07. The van der Waals surface area contributed by atoms with E-state index >= 15 is 0 Å². The van der Waals surface area contributed by atoms with E-state index in [0.717, 1.165) is 21.4 Å². The minimum Gasteiger partial charge on any atom is -0.399 e. The van der Waals surface area contributed by atoms with Crippen molar-refractivity contribution in [2.75, 3.05) is 5.73 Å². The number of fused-ring (bicyclic) bond motifs is 1. The summed E-state index contributed by atoms with van der Waals surface area (Å²) >= 11 is 7.72. The predicted molar refractivity (Wildman–Crippen MR) is 78.4 cm³/mol. The predicted octanol–water partition coefficient (Wildman–Crippen LogP) is 3.26. The molecule has 0 fully saturated rings. The molecule has 2 aromatic heterocycles. The Labute approximate surface area is 119 Å². The highest BCUT2D eigenvalue weighted by Crippen LogP contribution is 2.27. The minimum absolute atomic E-state index is 0.708. The first kappa shape index (κ1) is 12.3. The standard InChI is InChI=1S/C13H11ClN4S/c14-11-5-4-10(15)7-9(11)8-19-13-17-16-12-3-1-2-6-18(12)13/h1-7H,8,15H2. The Morgan fingerprint density at radius 2 is 2.11 bits per heavy atom. The fraction of sp³-hybridized carbons (Fsp3) is 0.0769. The van der Waals surface area contributed by atoms with Crippen LogP contribution >= 0.6 is 23.4 Å². The van der Waals surface area contributed by atoms with Gasteiger partial charge in [-0.15, -0.1) is 10.2 Å². The summed E-state index contributed by atoms with van der Waals surface area (Å²) in [4.78, 5) is 0. The van der Waals surface area contributed by atoms with Gasteiger partial charge in [-0.05, 0) is 35.9 Å². The van der Waals surface area contributed by atoms with Gasteiger partial charge in [0.15, 0.2) is 10.8 Å². The van der Waals surface area contributed by atoms with Gasteiger partial charge in [0.2, 0.25) is 0 Å². The van der Waals surface area contributed by atoms with E-state index in [-0.39, 0.29) is 0 Å². The summed E-state index contributed by atoms with van der Waals surface area (Å²) in [6.45, 7) is 0. The Kier molecular flexibility index (Phi) is 3.31. The molecule has 0 amide bonds. The van der Waals surface area contributed by atoms with Crippen LogP contribution in [0.4, 0.5) is 5.69 Å². The van der Waals surface area contributed by atoms with Crippen molar-refractivity contribution in [3.63, 3.8) is 0 Å². The van der Waals surface area contributed by atoms with Gasteiger partial charge in [0, 0.05) is 22.7 Å². The van der Waals surface area contributed by atoms with Crippen molar-refractivity contribution in [2.45, 2.75) is 10.9 Å². The van der Waals surface area contributed by atoms with Crippen LogP contribution < -0.4 is 5.73 Å². The van der Waals surface area contributed by atoms with Gasteiger partial charge in [-0.25, -0.2) is 0 Å². The smallest absolute Gasteiger partial charge is 0.195 e. The maximum absolute atomic E-state index is 6.14. The maximum Gasteiger partial charge on any atom is 0.195 e. The Morgan fingerprint density at radius 1 is 1.21 bits per heavy atom. The lowest BCUT2D eigenvalue weighted by molar-refractivity contribution is 0.921. The molecule has 19 heavy (non-hydrogen) atoms. The number of nitrogen functional groups attached to an aromatic ring is 1. The summed E-state index contributed by atoms with van der Waals surface area (Å²) in [6.07, 6.45) is 1.94. The third kappa shape index (κ3) is 2.52. The molecular weight excluding hydrogens is 280 g/mol. The quantitative estimate of drug-likeness (QED) is 0.594. The molecule has 0 aliphatic carbocycles. The zero-order chi connectivity index (χ0) is 13.2. The molecule has 3 rings (SSSR count). The molecule has 0 spiro atoms. The van der Waals surface area contributed by atoms with Gasteiger partial charge in [0.1, 0.15) is 0 Å². The van der Waals surface area contributed by atoms with Crippen LogP contribution in [0, 0.1) is 0 Å². The van der Waals surface area contributed by atoms with Gasteiger partial charge in [-0.2, -0.15) is 0 Å². The van der Waals surface area contributed by atoms with E-state index in [1.165, 1.54) is 0 Å². The number of pyridine rings is 1. The molecule has 6 heteroatoms. The molecule has 0 atom stereocenters. The van der Waals surface area contributed by atoms with Crippen molar-refractivity contribution >= 4 is 34.7 Å². The monoisotopic (exact) mass is 290 g/mol. The number of halogens is 1. The molecule has 1 aromatic carbocycles. The largest absolute Gasteiger partial charge is 0.399 e. The highest BCUT2D eigenvalue weighted by molar-refractivity contribution is 7.98. The molecule has 3 aromatic rings. The second-order valence-electron chi connectivity index (χ2n) is 4.05. The number of thioether (sulfide) groups is 1. The average Bonchev–Trinajstić information content (AvgIpc) is 2.83. The highest BCUT2D eigenvalue weighted by Gasteiger charge is 2.07. The zero-order valence-electron chi connectivity index (χ0n) is 9.95. The van der Waals surface area contributed by atoms with Crippen LogP contribution in [-0.2, 0) is 5.75 Å².